The molecule has 33 heavy (non-hydrogen) atoms. The van der Waals surface area contributed by atoms with E-state index in [4.69, 9.17) is 10.2 Å². The topological polar surface area (TPSA) is 114 Å². The van der Waals surface area contributed by atoms with Gasteiger partial charge in [0.05, 0.1) is 11.9 Å². The summed E-state index contributed by atoms with van der Waals surface area (Å²) in [5, 5.41) is 22.0. The highest BCUT2D eigenvalue weighted by Gasteiger charge is 2.67. The van der Waals surface area contributed by atoms with Crippen LogP contribution in [0.1, 0.15) is 90.0 Å². The number of aliphatic hydroxyl groups is 1. The molecule has 182 valence electrons. The van der Waals surface area contributed by atoms with Gasteiger partial charge in [-0.3, -0.25) is 4.79 Å². The van der Waals surface area contributed by atoms with Gasteiger partial charge in [0, 0.05) is 11.5 Å². The van der Waals surface area contributed by atoms with Gasteiger partial charge in [-0.15, -0.1) is 0 Å². The number of hydrogen-bond acceptors (Lipinski definition) is 5. The maximum Gasteiger partial charge on any atom is 0.335 e. The summed E-state index contributed by atoms with van der Waals surface area (Å²) in [4.78, 5) is 23.3. The summed E-state index contributed by atoms with van der Waals surface area (Å²) < 4.78 is 5.19. The van der Waals surface area contributed by atoms with Crippen molar-refractivity contribution in [3.05, 3.63) is 34.4 Å². The molecule has 0 radical (unpaired) electrons. The highest BCUT2D eigenvalue weighted by molar-refractivity contribution is 5.78. The molecule has 0 aliphatic heterocycles. The molecule has 0 bridgehead atoms. The van der Waals surface area contributed by atoms with Crippen LogP contribution in [0.15, 0.2) is 27.6 Å². The molecule has 4 aliphatic carbocycles. The molecule has 1 heterocycles. The Bertz CT molecular complexity index is 982. The second kappa shape index (κ2) is 7.42. The van der Waals surface area contributed by atoms with Crippen LogP contribution in [0.3, 0.4) is 0 Å². The third-order valence-corrected chi connectivity index (χ3v) is 11.3. The molecule has 4 fully saturated rings. The number of fused-ring (bicyclic) bond motifs is 5. The van der Waals surface area contributed by atoms with E-state index in [1.807, 2.05) is 6.07 Å². The highest BCUT2D eigenvalue weighted by atomic mass is 16.4. The zero-order valence-corrected chi connectivity index (χ0v) is 20.2. The Labute approximate surface area is 195 Å². The van der Waals surface area contributed by atoms with E-state index in [0.29, 0.717) is 11.8 Å². The second-order valence-corrected chi connectivity index (χ2v) is 12.4. The minimum Gasteiger partial charge on any atom is -0.480 e. The first-order valence-electron chi connectivity index (χ1n) is 12.8. The fourth-order valence-corrected chi connectivity index (χ4v) is 9.05. The first-order valence-corrected chi connectivity index (χ1v) is 12.8. The second-order valence-electron chi connectivity index (χ2n) is 12.4. The molecule has 1 aromatic rings. The summed E-state index contributed by atoms with van der Waals surface area (Å²) in [7, 11) is 0. The number of rotatable bonds is 3. The van der Waals surface area contributed by atoms with Crippen molar-refractivity contribution in [2.45, 2.75) is 95.6 Å². The smallest absolute Gasteiger partial charge is 0.335 e. The molecule has 9 atom stereocenters. The van der Waals surface area contributed by atoms with Crippen molar-refractivity contribution in [2.75, 3.05) is 0 Å². The van der Waals surface area contributed by atoms with Crippen LogP contribution in [0.25, 0.3) is 0 Å². The molecule has 0 saturated heterocycles. The van der Waals surface area contributed by atoms with E-state index in [1.165, 1.54) is 6.07 Å². The summed E-state index contributed by atoms with van der Waals surface area (Å²) in [6.07, 6.45) is 10.1. The van der Waals surface area contributed by atoms with Gasteiger partial charge in [0.1, 0.15) is 5.54 Å². The van der Waals surface area contributed by atoms with Crippen LogP contribution in [0, 0.1) is 34.5 Å². The molecule has 6 nitrogen and oxygen atoms in total. The lowest BCUT2D eigenvalue weighted by atomic mass is 9.42. The standard InChI is InChI=1S/C27H39NO5/c1-24-11-8-18(26(3,28)23(30)31)14-17(24)5-6-21-20(24)9-12-25(2)19(10-13-27(21,25)32)16-4-7-22(29)33-15-16/h4,7,15,17-21,32H,5-6,8-14,28H2,1-3H3,(H,30,31)/t17-,18+,19-,20+,21-,24+,25-,26+,27+/m1/s1. The van der Waals surface area contributed by atoms with Crippen molar-refractivity contribution in [1.29, 1.82) is 0 Å². The predicted octanol–water partition coefficient (Wildman–Crippen LogP) is 4.30. The lowest BCUT2D eigenvalue weighted by molar-refractivity contribution is -0.204. The van der Waals surface area contributed by atoms with Crippen molar-refractivity contribution in [1.82, 2.24) is 0 Å². The predicted molar refractivity (Wildman–Crippen MR) is 125 cm³/mol. The molecule has 4 N–H and O–H groups in total. The summed E-state index contributed by atoms with van der Waals surface area (Å²) >= 11 is 0. The summed E-state index contributed by atoms with van der Waals surface area (Å²) in [6, 6.07) is 3.38. The van der Waals surface area contributed by atoms with Crippen LogP contribution in [0.4, 0.5) is 0 Å². The third kappa shape index (κ3) is 3.12. The van der Waals surface area contributed by atoms with Gasteiger partial charge in [-0.25, -0.2) is 4.79 Å². The molecule has 0 amide bonds. The molecule has 5 rings (SSSR count). The van der Waals surface area contributed by atoms with Crippen molar-refractivity contribution in [3.63, 3.8) is 0 Å². The Morgan fingerprint density at radius 2 is 1.85 bits per heavy atom. The van der Waals surface area contributed by atoms with Gasteiger partial charge in [-0.05, 0) is 111 Å². The van der Waals surface area contributed by atoms with Gasteiger partial charge in [0.2, 0.25) is 0 Å². The van der Waals surface area contributed by atoms with Crippen molar-refractivity contribution >= 4 is 5.97 Å². The quantitative estimate of drug-likeness (QED) is 0.624. The minimum absolute atomic E-state index is 0.00478. The summed E-state index contributed by atoms with van der Waals surface area (Å²) in [5.74, 6) is 0.484. The van der Waals surface area contributed by atoms with Gasteiger partial charge in [0.15, 0.2) is 0 Å². The molecule has 0 aromatic carbocycles. The average molecular weight is 458 g/mol. The van der Waals surface area contributed by atoms with Gasteiger partial charge < -0.3 is 20.4 Å². The Kier molecular flexibility index (Phi) is 5.19. The van der Waals surface area contributed by atoms with Crippen LogP contribution < -0.4 is 11.4 Å². The first kappa shape index (κ1) is 23.1. The molecular weight excluding hydrogens is 418 g/mol. The lowest BCUT2D eigenvalue weighted by Gasteiger charge is -2.64. The van der Waals surface area contributed by atoms with Gasteiger partial charge >= 0.3 is 11.6 Å². The average Bonchev–Trinajstić information content (AvgIpc) is 3.05. The lowest BCUT2D eigenvalue weighted by Crippen LogP contribution is -2.63. The largest absolute Gasteiger partial charge is 0.480 e. The van der Waals surface area contributed by atoms with E-state index >= 15 is 0 Å². The maximum absolute atomic E-state index is 12.3. The Hall–Kier alpha value is -1.66. The van der Waals surface area contributed by atoms with E-state index in [2.05, 4.69) is 13.8 Å². The van der Waals surface area contributed by atoms with Crippen LogP contribution in [-0.4, -0.2) is 27.3 Å². The van der Waals surface area contributed by atoms with E-state index in [9.17, 15) is 19.8 Å². The van der Waals surface area contributed by atoms with Crippen molar-refractivity contribution in [3.8, 4) is 0 Å². The van der Waals surface area contributed by atoms with Crippen LogP contribution >= 0.6 is 0 Å². The highest BCUT2D eigenvalue weighted by Crippen LogP contribution is 2.70. The van der Waals surface area contributed by atoms with Gasteiger partial charge in [-0.2, -0.15) is 0 Å². The van der Waals surface area contributed by atoms with E-state index < -0.39 is 17.1 Å². The SMILES string of the molecule is C[C@]12CC[C@H]([C@](C)(N)C(=O)O)C[C@H]1CC[C@@H]1[C@@H]2CC[C@]2(C)[C@@H](c3ccc(=O)oc3)CC[C@]12O. The fraction of sp³-hybridized carbons (Fsp3) is 0.778. The molecule has 4 aliphatic rings. The summed E-state index contributed by atoms with van der Waals surface area (Å²) in [5.41, 5.74) is 4.96. The van der Waals surface area contributed by atoms with E-state index in [1.54, 1.807) is 13.2 Å². The number of carboxylic acid groups (broad SMARTS) is 1. The molecule has 6 heteroatoms. The normalized spacial score (nSPS) is 46.5. The van der Waals surface area contributed by atoms with Crippen molar-refractivity contribution < 1.29 is 19.4 Å². The molecule has 4 saturated carbocycles. The van der Waals surface area contributed by atoms with Crippen LogP contribution in [0.2, 0.25) is 0 Å². The van der Waals surface area contributed by atoms with Crippen LogP contribution in [0.5, 0.6) is 0 Å². The number of carbonyl (C=O) groups is 1. The molecule has 0 unspecified atom stereocenters. The Balaban J connectivity index is 1.41. The summed E-state index contributed by atoms with van der Waals surface area (Å²) in [6.45, 7) is 6.33. The maximum atomic E-state index is 12.3. The molecule has 0 spiro atoms. The van der Waals surface area contributed by atoms with Gasteiger partial charge in [-0.1, -0.05) is 13.8 Å². The Morgan fingerprint density at radius 3 is 2.52 bits per heavy atom. The van der Waals surface area contributed by atoms with E-state index in [0.717, 1.165) is 63.4 Å². The number of nitrogens with two attached hydrogens (primary N) is 1. The van der Waals surface area contributed by atoms with E-state index in [-0.39, 0.29) is 34.2 Å². The number of hydrogen-bond donors (Lipinski definition) is 3. The van der Waals surface area contributed by atoms with Gasteiger partial charge in [0.25, 0.3) is 0 Å². The monoisotopic (exact) mass is 457 g/mol. The zero-order chi connectivity index (χ0) is 23.8. The number of aliphatic carboxylic acids is 1. The Morgan fingerprint density at radius 1 is 1.09 bits per heavy atom. The zero-order valence-electron chi connectivity index (χ0n) is 20.2. The molecule has 1 aromatic heterocycles. The fourth-order valence-electron chi connectivity index (χ4n) is 9.05. The van der Waals surface area contributed by atoms with Crippen LogP contribution in [-0.2, 0) is 4.79 Å². The first-order chi connectivity index (χ1) is 15.4. The third-order valence-electron chi connectivity index (χ3n) is 11.3. The molecular formula is C27H39NO5. The van der Waals surface area contributed by atoms with Crippen molar-refractivity contribution in [2.24, 2.45) is 40.2 Å². The number of carboxylic acids is 1. The minimum atomic E-state index is -1.18.